The molecule has 1 aromatic heterocycles. The van der Waals surface area contributed by atoms with E-state index >= 15 is 0 Å². The Morgan fingerprint density at radius 1 is 1.33 bits per heavy atom. The van der Waals surface area contributed by atoms with Crippen LogP contribution in [0, 0.1) is 0 Å². The molecule has 1 unspecified atom stereocenters. The molecule has 4 nitrogen and oxygen atoms in total. The normalized spacial score (nSPS) is 22.6. The lowest BCUT2D eigenvalue weighted by Crippen LogP contribution is -2.19. The van der Waals surface area contributed by atoms with Crippen LogP contribution in [-0.4, -0.2) is 32.1 Å². The molecule has 5 heteroatoms. The number of hydrogen-bond donors (Lipinski definition) is 1. The molecule has 0 spiro atoms. The largest absolute Gasteiger partial charge is 0.478 e. The maximum Gasteiger partial charge on any atom is 0.337 e. The van der Waals surface area contributed by atoms with Crippen LogP contribution < -0.4 is 0 Å². The zero-order valence-corrected chi connectivity index (χ0v) is 12.6. The highest BCUT2D eigenvalue weighted by molar-refractivity contribution is 7.99. The van der Waals surface area contributed by atoms with Crippen LogP contribution >= 0.6 is 11.8 Å². The van der Waals surface area contributed by atoms with E-state index in [1.54, 1.807) is 12.1 Å². The topological polar surface area (TPSA) is 55.1 Å². The molecule has 4 rings (SSSR count). The molecule has 2 heterocycles. The van der Waals surface area contributed by atoms with Gasteiger partial charge in [0.25, 0.3) is 0 Å². The first kappa shape index (κ1) is 13.2. The first-order valence-corrected chi connectivity index (χ1v) is 8.73. The van der Waals surface area contributed by atoms with Crippen LogP contribution in [0.15, 0.2) is 18.2 Å². The minimum absolute atomic E-state index is 0.391. The number of carboxylic acid groups (broad SMARTS) is 1. The third-order valence-electron chi connectivity index (χ3n) is 4.41. The Bertz CT molecular complexity index is 700. The highest BCUT2D eigenvalue weighted by atomic mass is 32.2. The molecule has 0 amide bonds. The van der Waals surface area contributed by atoms with Gasteiger partial charge in [-0.15, -0.1) is 0 Å². The number of imidazole rings is 1. The Morgan fingerprint density at radius 3 is 2.86 bits per heavy atom. The molecule has 0 bridgehead atoms. The van der Waals surface area contributed by atoms with Gasteiger partial charge in [-0.2, -0.15) is 11.8 Å². The molecular formula is C16H18N2O2S. The summed E-state index contributed by atoms with van der Waals surface area (Å²) in [6.45, 7) is 0. The Kier molecular flexibility index (Phi) is 3.17. The quantitative estimate of drug-likeness (QED) is 0.939. The van der Waals surface area contributed by atoms with E-state index in [2.05, 4.69) is 4.57 Å². The molecule has 21 heavy (non-hydrogen) atoms. The van der Waals surface area contributed by atoms with Crippen molar-refractivity contribution in [2.75, 3.05) is 11.5 Å². The van der Waals surface area contributed by atoms with E-state index in [0.29, 0.717) is 17.5 Å². The standard InChI is InChI=1S/C16H18N2O2S/c19-16(20)12-4-1-5-13-14(12)18(11-3-2-8-21-9-11)15(17-13)10-6-7-10/h1,4-5,10-11H,2-3,6-9H2,(H,19,20). The number of rotatable bonds is 3. The summed E-state index contributed by atoms with van der Waals surface area (Å²) in [4.78, 5) is 16.4. The summed E-state index contributed by atoms with van der Waals surface area (Å²) in [5, 5.41) is 9.52. The van der Waals surface area contributed by atoms with Gasteiger partial charge in [-0.05, 0) is 43.6 Å². The van der Waals surface area contributed by atoms with Crippen molar-refractivity contribution in [3.63, 3.8) is 0 Å². The third kappa shape index (κ3) is 2.24. The average Bonchev–Trinajstić information content (AvgIpc) is 3.27. The van der Waals surface area contributed by atoms with Crippen molar-refractivity contribution in [2.45, 2.75) is 37.6 Å². The number of thioether (sulfide) groups is 1. The summed E-state index contributed by atoms with van der Waals surface area (Å²) in [5.41, 5.74) is 2.06. The molecule has 2 aromatic rings. The summed E-state index contributed by atoms with van der Waals surface area (Å²) >= 11 is 1.97. The van der Waals surface area contributed by atoms with Crippen LogP contribution in [0.4, 0.5) is 0 Å². The number of aromatic nitrogens is 2. The maximum absolute atomic E-state index is 11.6. The van der Waals surface area contributed by atoms with E-state index in [1.807, 2.05) is 17.8 Å². The summed E-state index contributed by atoms with van der Waals surface area (Å²) in [6.07, 6.45) is 4.71. The Morgan fingerprint density at radius 2 is 2.19 bits per heavy atom. The van der Waals surface area contributed by atoms with Gasteiger partial charge >= 0.3 is 5.97 Å². The lowest BCUT2D eigenvalue weighted by atomic mass is 10.1. The van der Waals surface area contributed by atoms with Crippen molar-refractivity contribution >= 4 is 28.8 Å². The first-order chi connectivity index (χ1) is 10.3. The fraction of sp³-hybridized carbons (Fsp3) is 0.500. The van der Waals surface area contributed by atoms with Gasteiger partial charge in [0.1, 0.15) is 5.82 Å². The van der Waals surface area contributed by atoms with Gasteiger partial charge in [0.05, 0.1) is 16.6 Å². The average molecular weight is 302 g/mol. The van der Waals surface area contributed by atoms with Gasteiger partial charge < -0.3 is 9.67 Å². The number of carboxylic acids is 1. The van der Waals surface area contributed by atoms with Crippen LogP contribution in [0.2, 0.25) is 0 Å². The fourth-order valence-corrected chi connectivity index (χ4v) is 4.39. The second-order valence-electron chi connectivity index (χ2n) is 5.96. The van der Waals surface area contributed by atoms with E-state index in [4.69, 9.17) is 4.98 Å². The van der Waals surface area contributed by atoms with Crippen molar-refractivity contribution in [1.29, 1.82) is 0 Å². The van der Waals surface area contributed by atoms with Crippen LogP contribution in [0.25, 0.3) is 11.0 Å². The van der Waals surface area contributed by atoms with Gasteiger partial charge in [0, 0.05) is 17.7 Å². The SMILES string of the molecule is O=C(O)c1cccc2nc(C3CC3)n(C3CCCSC3)c12. The van der Waals surface area contributed by atoms with Crippen LogP contribution in [0.5, 0.6) is 0 Å². The molecule has 1 aromatic carbocycles. The van der Waals surface area contributed by atoms with E-state index in [9.17, 15) is 9.90 Å². The van der Waals surface area contributed by atoms with Crippen molar-refractivity contribution in [3.05, 3.63) is 29.6 Å². The summed E-state index contributed by atoms with van der Waals surface area (Å²) in [7, 11) is 0. The van der Waals surface area contributed by atoms with Crippen LogP contribution in [0.1, 0.15) is 53.8 Å². The van der Waals surface area contributed by atoms with Crippen molar-refractivity contribution in [1.82, 2.24) is 9.55 Å². The highest BCUT2D eigenvalue weighted by Gasteiger charge is 2.33. The lowest BCUT2D eigenvalue weighted by molar-refractivity contribution is 0.0698. The predicted molar refractivity (Wildman–Crippen MR) is 84.3 cm³/mol. The molecule has 110 valence electrons. The summed E-state index contributed by atoms with van der Waals surface area (Å²) < 4.78 is 2.27. The van der Waals surface area contributed by atoms with Gasteiger partial charge in [-0.1, -0.05) is 6.07 Å². The van der Waals surface area contributed by atoms with E-state index in [0.717, 1.165) is 29.0 Å². The Balaban J connectivity index is 1.95. The summed E-state index contributed by atoms with van der Waals surface area (Å²) in [5.74, 6) is 3.08. The number of para-hydroxylation sites is 1. The molecule has 1 atom stereocenters. The van der Waals surface area contributed by atoms with Gasteiger partial charge in [-0.25, -0.2) is 9.78 Å². The molecule has 2 aliphatic rings. The molecule has 1 N–H and O–H groups in total. The molecule has 1 aliphatic heterocycles. The number of nitrogens with zero attached hydrogens (tertiary/aromatic N) is 2. The fourth-order valence-electron chi connectivity index (χ4n) is 3.27. The smallest absolute Gasteiger partial charge is 0.337 e. The number of fused-ring (bicyclic) bond motifs is 1. The maximum atomic E-state index is 11.6. The molecule has 2 fully saturated rings. The number of benzene rings is 1. The highest BCUT2D eigenvalue weighted by Crippen LogP contribution is 2.43. The van der Waals surface area contributed by atoms with Gasteiger partial charge in [0.2, 0.25) is 0 Å². The first-order valence-electron chi connectivity index (χ1n) is 7.57. The minimum atomic E-state index is -0.854. The second kappa shape index (κ2) is 5.05. The molecule has 0 radical (unpaired) electrons. The van der Waals surface area contributed by atoms with Crippen molar-refractivity contribution in [3.8, 4) is 0 Å². The minimum Gasteiger partial charge on any atom is -0.478 e. The number of hydrogen-bond acceptors (Lipinski definition) is 3. The molecule has 1 saturated heterocycles. The van der Waals surface area contributed by atoms with E-state index in [-0.39, 0.29) is 0 Å². The van der Waals surface area contributed by atoms with Gasteiger partial charge in [-0.3, -0.25) is 0 Å². The molecular weight excluding hydrogens is 284 g/mol. The zero-order chi connectivity index (χ0) is 14.4. The number of aromatic carboxylic acids is 1. The summed E-state index contributed by atoms with van der Waals surface area (Å²) in [6, 6.07) is 5.84. The zero-order valence-electron chi connectivity index (χ0n) is 11.8. The van der Waals surface area contributed by atoms with Crippen LogP contribution in [0.3, 0.4) is 0 Å². The van der Waals surface area contributed by atoms with Crippen LogP contribution in [-0.2, 0) is 0 Å². The van der Waals surface area contributed by atoms with Gasteiger partial charge in [0.15, 0.2) is 0 Å². The predicted octanol–water partition coefficient (Wildman–Crippen LogP) is 3.68. The number of carbonyl (C=O) groups is 1. The third-order valence-corrected chi connectivity index (χ3v) is 5.61. The molecule has 1 aliphatic carbocycles. The lowest BCUT2D eigenvalue weighted by Gasteiger charge is -2.25. The van der Waals surface area contributed by atoms with Crippen molar-refractivity contribution < 1.29 is 9.90 Å². The monoisotopic (exact) mass is 302 g/mol. The van der Waals surface area contributed by atoms with Crippen molar-refractivity contribution in [2.24, 2.45) is 0 Å². The molecule has 1 saturated carbocycles. The van der Waals surface area contributed by atoms with E-state index in [1.165, 1.54) is 25.0 Å². The Hall–Kier alpha value is -1.49. The Labute approximate surface area is 127 Å². The second-order valence-corrected chi connectivity index (χ2v) is 7.11. The van der Waals surface area contributed by atoms with E-state index < -0.39 is 5.97 Å².